The summed E-state index contributed by atoms with van der Waals surface area (Å²) in [5.74, 6) is 2.78. The van der Waals surface area contributed by atoms with Crippen LogP contribution in [0.3, 0.4) is 0 Å². The lowest BCUT2D eigenvalue weighted by Gasteiger charge is -1.95. The summed E-state index contributed by atoms with van der Waals surface area (Å²) < 4.78 is 9.61. The lowest BCUT2D eigenvalue weighted by atomic mass is 10.4. The first-order valence-electron chi connectivity index (χ1n) is 6.11. The van der Waals surface area contributed by atoms with E-state index < -0.39 is 0 Å². The van der Waals surface area contributed by atoms with E-state index >= 15 is 0 Å². The molecule has 2 aromatic heterocycles. The van der Waals surface area contributed by atoms with Gasteiger partial charge in [0.15, 0.2) is 0 Å². The Morgan fingerprint density at radius 2 is 1.28 bits per heavy atom. The van der Waals surface area contributed by atoms with E-state index in [4.69, 9.17) is 0 Å². The Balaban J connectivity index is 0.000000602. The largest absolute Gasteiger partial charge is 1.00 e. The highest BCUT2D eigenvalue weighted by Crippen LogP contribution is 2.19. The minimum Gasteiger partial charge on any atom is -1.00 e. The molecule has 0 unspecified atom stereocenters. The Hall–Kier alpha value is -0.620. The number of imidazole rings is 2. The molecule has 18 heavy (non-hydrogen) atoms. The van der Waals surface area contributed by atoms with Crippen LogP contribution >= 0.6 is 0 Å². The minimum absolute atomic E-state index is 0. The molecule has 0 aliphatic carbocycles. The second-order valence-electron chi connectivity index (χ2n) is 4.72. The first-order chi connectivity index (χ1) is 7.93. The number of nitrogens with zero attached hydrogens (tertiary/aromatic N) is 4. The molecule has 0 saturated heterocycles. The molecule has 2 aliphatic rings. The quantitative estimate of drug-likeness (QED) is 0.409. The molecule has 0 bridgehead atoms. The average molecular weight is 376 g/mol. The summed E-state index contributed by atoms with van der Waals surface area (Å²) in [7, 11) is 0. The number of rotatable bonds is 0. The normalized spacial score (nSPS) is 15.8. The first-order valence-corrected chi connectivity index (χ1v) is 6.11. The van der Waals surface area contributed by atoms with Gasteiger partial charge in [-0.2, -0.15) is 0 Å². The highest BCUT2D eigenvalue weighted by Gasteiger charge is 2.36. The highest BCUT2D eigenvalue weighted by molar-refractivity contribution is 5.37. The molecule has 0 aromatic carbocycles. The molecule has 4 heterocycles. The first kappa shape index (κ1) is 13.8. The lowest BCUT2D eigenvalue weighted by Crippen LogP contribution is -3.00. The summed E-state index contributed by atoms with van der Waals surface area (Å²) >= 11 is 0. The molecule has 98 valence electrons. The average Bonchev–Trinajstić information content (AvgIpc) is 2.76. The number of aryl methyl sites for hydroxylation is 4. The van der Waals surface area contributed by atoms with Gasteiger partial charge in [0.05, 0.1) is 26.2 Å². The Bertz CT molecular complexity index is 465. The zero-order valence-electron chi connectivity index (χ0n) is 10.1. The maximum absolute atomic E-state index is 2.40. The topological polar surface area (TPSA) is 17.6 Å². The van der Waals surface area contributed by atoms with Gasteiger partial charge in [-0.3, -0.25) is 0 Å². The standard InChI is InChI=1S/C12H16N4.2BrH/c1-3-13-7-9-15-5-2-6-16-10-8-14(4-1)12(16)11(13)15;;/h7-10H,1-6H2;2*1H/q+2;;/p-2. The maximum Gasteiger partial charge on any atom is 0.373 e. The molecule has 0 saturated carbocycles. The highest BCUT2D eigenvalue weighted by atomic mass is 79.9. The molecular formula is C12H16Br2N4. The Morgan fingerprint density at radius 1 is 0.778 bits per heavy atom. The summed E-state index contributed by atoms with van der Waals surface area (Å²) in [6, 6.07) is 0. The summed E-state index contributed by atoms with van der Waals surface area (Å²) in [5.41, 5.74) is 0. The molecular weight excluding hydrogens is 360 g/mol. The molecule has 0 radical (unpaired) electrons. The van der Waals surface area contributed by atoms with Crippen LogP contribution in [0.5, 0.6) is 0 Å². The summed E-state index contributed by atoms with van der Waals surface area (Å²) in [4.78, 5) is 0. The fourth-order valence-corrected chi connectivity index (χ4v) is 2.99. The van der Waals surface area contributed by atoms with Crippen molar-refractivity contribution in [2.24, 2.45) is 0 Å². The van der Waals surface area contributed by atoms with Crippen LogP contribution in [0.15, 0.2) is 24.8 Å². The van der Waals surface area contributed by atoms with E-state index in [1.807, 2.05) is 0 Å². The van der Waals surface area contributed by atoms with E-state index in [1.165, 1.54) is 24.5 Å². The van der Waals surface area contributed by atoms with Crippen LogP contribution in [0.2, 0.25) is 0 Å². The van der Waals surface area contributed by atoms with Crippen LogP contribution in [0.1, 0.15) is 12.8 Å². The minimum atomic E-state index is 0. The molecule has 0 atom stereocenters. The summed E-state index contributed by atoms with van der Waals surface area (Å²) in [6.07, 6.45) is 11.4. The lowest BCUT2D eigenvalue weighted by molar-refractivity contribution is -0.686. The second-order valence-corrected chi connectivity index (χ2v) is 4.72. The van der Waals surface area contributed by atoms with Gasteiger partial charge in [0.1, 0.15) is 24.8 Å². The van der Waals surface area contributed by atoms with Crippen molar-refractivity contribution in [3.63, 3.8) is 0 Å². The van der Waals surface area contributed by atoms with Crippen molar-refractivity contribution in [1.82, 2.24) is 9.13 Å². The molecule has 4 rings (SSSR count). The Morgan fingerprint density at radius 3 is 1.78 bits per heavy atom. The van der Waals surface area contributed by atoms with E-state index in [1.54, 1.807) is 0 Å². The molecule has 2 aliphatic heterocycles. The van der Waals surface area contributed by atoms with Crippen LogP contribution in [-0.4, -0.2) is 9.13 Å². The van der Waals surface area contributed by atoms with Crippen LogP contribution in [0.4, 0.5) is 0 Å². The molecule has 6 heteroatoms. The van der Waals surface area contributed by atoms with E-state index in [9.17, 15) is 0 Å². The maximum atomic E-state index is 2.40. The molecule has 0 fully saturated rings. The number of hydrogen-bond donors (Lipinski definition) is 0. The van der Waals surface area contributed by atoms with E-state index in [2.05, 4.69) is 43.1 Å². The molecule has 0 spiro atoms. The van der Waals surface area contributed by atoms with Crippen LogP contribution < -0.4 is 43.1 Å². The smallest absolute Gasteiger partial charge is 0.373 e. The van der Waals surface area contributed by atoms with Crippen molar-refractivity contribution in [2.45, 2.75) is 39.0 Å². The SMILES string of the molecule is [Br-].[Br-].c1c[n+]2c3n1CCCn1cc[n+](c1-3)CCC2. The van der Waals surface area contributed by atoms with Crippen molar-refractivity contribution in [1.29, 1.82) is 0 Å². The van der Waals surface area contributed by atoms with Gasteiger partial charge in [-0.05, 0) is 0 Å². The Kier molecular flexibility index (Phi) is 3.96. The molecule has 4 nitrogen and oxygen atoms in total. The second kappa shape index (κ2) is 5.17. The van der Waals surface area contributed by atoms with Gasteiger partial charge >= 0.3 is 11.6 Å². The van der Waals surface area contributed by atoms with Gasteiger partial charge < -0.3 is 34.0 Å². The molecule has 0 amide bonds. The number of aromatic nitrogens is 4. The van der Waals surface area contributed by atoms with Crippen molar-refractivity contribution >= 4 is 0 Å². The van der Waals surface area contributed by atoms with Crippen molar-refractivity contribution < 1.29 is 43.1 Å². The predicted molar refractivity (Wildman–Crippen MR) is 57.5 cm³/mol. The predicted octanol–water partition coefficient (Wildman–Crippen LogP) is -5.65. The monoisotopic (exact) mass is 374 g/mol. The van der Waals surface area contributed by atoms with Crippen LogP contribution in [0, 0.1) is 0 Å². The van der Waals surface area contributed by atoms with E-state index in [0.717, 1.165) is 26.2 Å². The van der Waals surface area contributed by atoms with Gasteiger partial charge in [-0.15, -0.1) is 0 Å². The third-order valence-corrected chi connectivity index (χ3v) is 3.74. The fraction of sp³-hybridized carbons (Fsp3) is 0.500. The van der Waals surface area contributed by atoms with Crippen molar-refractivity contribution in [3.05, 3.63) is 24.8 Å². The zero-order chi connectivity index (χ0) is 10.5. The van der Waals surface area contributed by atoms with Crippen molar-refractivity contribution in [2.75, 3.05) is 0 Å². The summed E-state index contributed by atoms with van der Waals surface area (Å²) in [5, 5.41) is 0. The number of halogens is 2. The van der Waals surface area contributed by atoms with E-state index in [0.29, 0.717) is 0 Å². The van der Waals surface area contributed by atoms with Crippen molar-refractivity contribution in [3.8, 4) is 11.6 Å². The summed E-state index contributed by atoms with van der Waals surface area (Å²) in [6.45, 7) is 4.57. The molecule has 0 N–H and O–H groups in total. The van der Waals surface area contributed by atoms with Gasteiger partial charge in [-0.25, -0.2) is 18.3 Å². The third-order valence-electron chi connectivity index (χ3n) is 3.74. The fourth-order valence-electron chi connectivity index (χ4n) is 2.99. The van der Waals surface area contributed by atoms with Gasteiger partial charge in [0.2, 0.25) is 0 Å². The van der Waals surface area contributed by atoms with Crippen LogP contribution in [0.25, 0.3) is 11.6 Å². The number of hydrogen-bond acceptors (Lipinski definition) is 0. The third kappa shape index (κ3) is 1.86. The van der Waals surface area contributed by atoms with Gasteiger partial charge in [-0.1, -0.05) is 0 Å². The van der Waals surface area contributed by atoms with Gasteiger partial charge in [0.25, 0.3) is 0 Å². The Labute approximate surface area is 127 Å². The van der Waals surface area contributed by atoms with E-state index in [-0.39, 0.29) is 34.0 Å². The van der Waals surface area contributed by atoms with Crippen LogP contribution in [-0.2, 0) is 26.2 Å². The zero-order valence-corrected chi connectivity index (χ0v) is 13.3. The molecule has 2 aromatic rings. The van der Waals surface area contributed by atoms with Gasteiger partial charge in [0, 0.05) is 12.8 Å².